The van der Waals surface area contributed by atoms with Crippen molar-refractivity contribution in [2.75, 3.05) is 20.2 Å². The number of aromatic nitrogens is 1. The quantitative estimate of drug-likeness (QED) is 0.726. The SMILES string of the molecule is CCCN(CC(=O)OC)C(=O)Cc1c(C)noc1C. The smallest absolute Gasteiger partial charge is 0.325 e. The van der Waals surface area contributed by atoms with Crippen LogP contribution in [0.1, 0.15) is 30.4 Å². The van der Waals surface area contributed by atoms with E-state index in [1.54, 1.807) is 13.8 Å². The van der Waals surface area contributed by atoms with Crippen LogP contribution in [0.25, 0.3) is 0 Å². The van der Waals surface area contributed by atoms with Crippen LogP contribution in [0, 0.1) is 13.8 Å². The highest BCUT2D eigenvalue weighted by molar-refractivity contribution is 5.83. The fourth-order valence-corrected chi connectivity index (χ4v) is 1.80. The van der Waals surface area contributed by atoms with Gasteiger partial charge in [0.25, 0.3) is 0 Å². The van der Waals surface area contributed by atoms with Crippen molar-refractivity contribution in [3.05, 3.63) is 17.0 Å². The molecule has 0 aliphatic heterocycles. The Labute approximate surface area is 112 Å². The van der Waals surface area contributed by atoms with Gasteiger partial charge in [0.15, 0.2) is 0 Å². The number of hydrogen-bond donors (Lipinski definition) is 0. The van der Waals surface area contributed by atoms with E-state index < -0.39 is 5.97 Å². The Morgan fingerprint density at radius 2 is 2.05 bits per heavy atom. The summed E-state index contributed by atoms with van der Waals surface area (Å²) >= 11 is 0. The third-order valence-electron chi connectivity index (χ3n) is 2.90. The molecule has 1 amide bonds. The topological polar surface area (TPSA) is 72.6 Å². The number of esters is 1. The van der Waals surface area contributed by atoms with Crippen LogP contribution < -0.4 is 0 Å². The van der Waals surface area contributed by atoms with Gasteiger partial charge in [-0.1, -0.05) is 12.1 Å². The molecule has 0 fully saturated rings. The fourth-order valence-electron chi connectivity index (χ4n) is 1.80. The Morgan fingerprint density at radius 1 is 1.37 bits per heavy atom. The van der Waals surface area contributed by atoms with E-state index in [4.69, 9.17) is 4.52 Å². The van der Waals surface area contributed by atoms with Crippen LogP contribution in [0.4, 0.5) is 0 Å². The zero-order valence-electron chi connectivity index (χ0n) is 11.9. The highest BCUT2D eigenvalue weighted by Crippen LogP contribution is 2.14. The molecule has 0 aliphatic carbocycles. The molecule has 0 atom stereocenters. The van der Waals surface area contributed by atoms with E-state index in [1.807, 2.05) is 6.92 Å². The number of amides is 1. The maximum Gasteiger partial charge on any atom is 0.325 e. The molecular formula is C13H20N2O4. The molecule has 0 radical (unpaired) electrons. The summed E-state index contributed by atoms with van der Waals surface area (Å²) in [5, 5.41) is 3.81. The Morgan fingerprint density at radius 3 is 2.53 bits per heavy atom. The predicted molar refractivity (Wildman–Crippen MR) is 68.6 cm³/mol. The maximum atomic E-state index is 12.2. The summed E-state index contributed by atoms with van der Waals surface area (Å²) in [6.07, 6.45) is 0.975. The lowest BCUT2D eigenvalue weighted by molar-refractivity contribution is -0.146. The second kappa shape index (κ2) is 6.92. The van der Waals surface area contributed by atoms with E-state index in [-0.39, 0.29) is 18.9 Å². The molecule has 1 aromatic heterocycles. The summed E-state index contributed by atoms with van der Waals surface area (Å²) in [4.78, 5) is 25.0. The number of carbonyl (C=O) groups is 2. The first-order valence-corrected chi connectivity index (χ1v) is 6.25. The first-order valence-electron chi connectivity index (χ1n) is 6.25. The molecule has 0 bridgehead atoms. The summed E-state index contributed by atoms with van der Waals surface area (Å²) in [5.41, 5.74) is 1.50. The molecule has 0 saturated carbocycles. The number of ether oxygens (including phenoxy) is 1. The van der Waals surface area contributed by atoms with Gasteiger partial charge in [0.05, 0.1) is 19.2 Å². The van der Waals surface area contributed by atoms with E-state index in [2.05, 4.69) is 9.89 Å². The molecule has 106 valence electrons. The van der Waals surface area contributed by atoms with Crippen molar-refractivity contribution >= 4 is 11.9 Å². The van der Waals surface area contributed by atoms with E-state index in [0.717, 1.165) is 12.0 Å². The first kappa shape index (κ1) is 15.2. The van der Waals surface area contributed by atoms with Gasteiger partial charge in [0.1, 0.15) is 12.3 Å². The van der Waals surface area contributed by atoms with Crippen molar-refractivity contribution in [2.24, 2.45) is 0 Å². The standard InChI is InChI=1S/C13H20N2O4/c1-5-6-15(8-13(17)18-4)12(16)7-11-9(2)14-19-10(11)3/h5-8H2,1-4H3. The average molecular weight is 268 g/mol. The van der Waals surface area contributed by atoms with Crippen LogP contribution in [0.5, 0.6) is 0 Å². The molecule has 6 heteroatoms. The minimum atomic E-state index is -0.416. The number of carbonyl (C=O) groups excluding carboxylic acids is 2. The van der Waals surface area contributed by atoms with Crippen molar-refractivity contribution in [3.63, 3.8) is 0 Å². The molecule has 0 spiro atoms. The summed E-state index contributed by atoms with van der Waals surface area (Å²) in [6, 6.07) is 0. The molecule has 0 saturated heterocycles. The monoisotopic (exact) mass is 268 g/mol. The highest BCUT2D eigenvalue weighted by atomic mass is 16.5. The van der Waals surface area contributed by atoms with Crippen LogP contribution in [-0.2, 0) is 20.7 Å². The van der Waals surface area contributed by atoms with Crippen LogP contribution in [-0.4, -0.2) is 42.1 Å². The molecule has 0 unspecified atom stereocenters. The minimum Gasteiger partial charge on any atom is -0.468 e. The zero-order chi connectivity index (χ0) is 14.4. The maximum absolute atomic E-state index is 12.2. The molecule has 1 heterocycles. The van der Waals surface area contributed by atoms with Crippen LogP contribution in [0.2, 0.25) is 0 Å². The van der Waals surface area contributed by atoms with Crippen LogP contribution in [0.15, 0.2) is 4.52 Å². The van der Waals surface area contributed by atoms with Crippen LogP contribution >= 0.6 is 0 Å². The number of nitrogens with zero attached hydrogens (tertiary/aromatic N) is 2. The van der Waals surface area contributed by atoms with E-state index in [9.17, 15) is 9.59 Å². The minimum absolute atomic E-state index is 0.0213. The lowest BCUT2D eigenvalue weighted by Gasteiger charge is -2.20. The summed E-state index contributed by atoms with van der Waals surface area (Å²) in [5.74, 6) is 0.0996. The summed E-state index contributed by atoms with van der Waals surface area (Å²) < 4.78 is 9.62. The Hall–Kier alpha value is -1.85. The number of aryl methyl sites for hydroxylation is 2. The lowest BCUT2D eigenvalue weighted by Crippen LogP contribution is -2.37. The van der Waals surface area contributed by atoms with Gasteiger partial charge in [-0.3, -0.25) is 9.59 Å². The Balaban J connectivity index is 2.74. The van der Waals surface area contributed by atoms with Gasteiger partial charge in [-0.15, -0.1) is 0 Å². The molecule has 0 aliphatic rings. The molecule has 0 N–H and O–H groups in total. The molecule has 0 aromatic carbocycles. The third kappa shape index (κ3) is 4.08. The van der Waals surface area contributed by atoms with Crippen molar-refractivity contribution in [2.45, 2.75) is 33.6 Å². The number of hydrogen-bond acceptors (Lipinski definition) is 5. The number of methoxy groups -OCH3 is 1. The number of rotatable bonds is 6. The molecule has 19 heavy (non-hydrogen) atoms. The molecule has 1 rings (SSSR count). The van der Waals surface area contributed by atoms with Gasteiger partial charge in [0.2, 0.25) is 5.91 Å². The van der Waals surface area contributed by atoms with Gasteiger partial charge in [-0.05, 0) is 20.3 Å². The van der Waals surface area contributed by atoms with Gasteiger partial charge >= 0.3 is 5.97 Å². The Kier molecular flexibility index (Phi) is 5.54. The van der Waals surface area contributed by atoms with Gasteiger partial charge in [0, 0.05) is 12.1 Å². The third-order valence-corrected chi connectivity index (χ3v) is 2.90. The normalized spacial score (nSPS) is 10.3. The molecule has 1 aromatic rings. The van der Waals surface area contributed by atoms with Gasteiger partial charge < -0.3 is 14.2 Å². The lowest BCUT2D eigenvalue weighted by atomic mass is 10.1. The second-order valence-electron chi connectivity index (χ2n) is 4.37. The van der Waals surface area contributed by atoms with E-state index in [1.165, 1.54) is 12.0 Å². The summed E-state index contributed by atoms with van der Waals surface area (Å²) in [7, 11) is 1.31. The van der Waals surface area contributed by atoms with E-state index >= 15 is 0 Å². The molecule has 6 nitrogen and oxygen atoms in total. The van der Waals surface area contributed by atoms with Gasteiger partial charge in [-0.2, -0.15) is 0 Å². The van der Waals surface area contributed by atoms with Crippen molar-refractivity contribution in [1.82, 2.24) is 10.1 Å². The van der Waals surface area contributed by atoms with Crippen molar-refractivity contribution in [3.8, 4) is 0 Å². The predicted octanol–water partition coefficient (Wildman–Crippen LogP) is 1.25. The summed E-state index contributed by atoms with van der Waals surface area (Å²) in [6.45, 7) is 6.02. The highest BCUT2D eigenvalue weighted by Gasteiger charge is 2.20. The van der Waals surface area contributed by atoms with Gasteiger partial charge in [-0.25, -0.2) is 0 Å². The van der Waals surface area contributed by atoms with Crippen molar-refractivity contribution < 1.29 is 18.8 Å². The fraction of sp³-hybridized carbons (Fsp3) is 0.615. The first-order chi connectivity index (χ1) is 8.99. The van der Waals surface area contributed by atoms with Crippen LogP contribution in [0.3, 0.4) is 0 Å². The molecular weight excluding hydrogens is 248 g/mol. The largest absolute Gasteiger partial charge is 0.468 e. The van der Waals surface area contributed by atoms with E-state index in [0.29, 0.717) is 18.0 Å². The second-order valence-corrected chi connectivity index (χ2v) is 4.37. The average Bonchev–Trinajstić information content (AvgIpc) is 2.69. The Bertz CT molecular complexity index is 434. The zero-order valence-corrected chi connectivity index (χ0v) is 11.9. The van der Waals surface area contributed by atoms with Crippen molar-refractivity contribution in [1.29, 1.82) is 0 Å².